The minimum atomic E-state index is 0.353. The van der Waals surface area contributed by atoms with E-state index in [4.69, 9.17) is 23.2 Å². The van der Waals surface area contributed by atoms with Crippen LogP contribution in [0.15, 0.2) is 18.2 Å². The summed E-state index contributed by atoms with van der Waals surface area (Å²) in [6.07, 6.45) is 4.26. The second-order valence-corrected chi connectivity index (χ2v) is 7.56. The molecule has 0 spiro atoms. The SMILES string of the molecule is CN1C[C@H]2[C@H]3CC[C@H](C3)[C@@]2(c2ccc(Cl)c(Cl)c2)C1. The van der Waals surface area contributed by atoms with Gasteiger partial charge in [0.05, 0.1) is 10.0 Å². The summed E-state index contributed by atoms with van der Waals surface area (Å²) >= 11 is 12.4. The van der Waals surface area contributed by atoms with Crippen molar-refractivity contribution in [2.75, 3.05) is 20.1 Å². The zero-order chi connectivity index (χ0) is 13.2. The lowest BCUT2D eigenvalue weighted by Crippen LogP contribution is -2.40. The molecule has 2 aliphatic carbocycles. The monoisotopic (exact) mass is 295 g/mol. The van der Waals surface area contributed by atoms with Crippen LogP contribution in [0.2, 0.25) is 10.0 Å². The Morgan fingerprint density at radius 3 is 2.84 bits per heavy atom. The smallest absolute Gasteiger partial charge is 0.0595 e. The molecule has 4 rings (SSSR count). The van der Waals surface area contributed by atoms with Crippen LogP contribution < -0.4 is 0 Å². The van der Waals surface area contributed by atoms with Crippen molar-refractivity contribution in [3.63, 3.8) is 0 Å². The van der Waals surface area contributed by atoms with Gasteiger partial charge in [0, 0.05) is 18.5 Å². The number of halogens is 2. The Labute approximate surface area is 124 Å². The molecule has 3 fully saturated rings. The molecule has 102 valence electrons. The number of likely N-dealkylation sites (N-methyl/N-ethyl adjacent to an activating group) is 1. The summed E-state index contributed by atoms with van der Waals surface area (Å²) in [6.45, 7) is 2.44. The lowest BCUT2D eigenvalue weighted by Gasteiger charge is -2.39. The summed E-state index contributed by atoms with van der Waals surface area (Å²) in [7, 11) is 2.26. The van der Waals surface area contributed by atoms with Gasteiger partial charge in [-0.2, -0.15) is 0 Å². The topological polar surface area (TPSA) is 3.24 Å². The van der Waals surface area contributed by atoms with Gasteiger partial charge in [0.25, 0.3) is 0 Å². The third-order valence-electron chi connectivity index (χ3n) is 5.93. The molecule has 0 radical (unpaired) electrons. The van der Waals surface area contributed by atoms with Crippen molar-refractivity contribution in [2.24, 2.45) is 17.8 Å². The Balaban J connectivity index is 1.84. The summed E-state index contributed by atoms with van der Waals surface area (Å²) in [5.41, 5.74) is 1.79. The van der Waals surface area contributed by atoms with Gasteiger partial charge in [0.1, 0.15) is 0 Å². The second-order valence-electron chi connectivity index (χ2n) is 6.74. The van der Waals surface area contributed by atoms with Gasteiger partial charge >= 0.3 is 0 Å². The molecule has 1 saturated heterocycles. The molecule has 3 heteroatoms. The van der Waals surface area contributed by atoms with Crippen molar-refractivity contribution < 1.29 is 0 Å². The van der Waals surface area contributed by atoms with Gasteiger partial charge in [-0.15, -0.1) is 0 Å². The standard InChI is InChI=1S/C16H19Cl2N/c1-19-8-13-10-2-3-11(6-10)16(13,9-19)12-4-5-14(17)15(18)7-12/h4-5,7,10-11,13H,2-3,6,8-9H2,1H3/t10-,11+,13-,16+/m0/s1. The van der Waals surface area contributed by atoms with Crippen molar-refractivity contribution in [3.8, 4) is 0 Å². The fourth-order valence-electron chi connectivity index (χ4n) is 5.31. The normalized spacial score (nSPS) is 40.9. The quantitative estimate of drug-likeness (QED) is 0.750. The summed E-state index contributed by atoms with van der Waals surface area (Å²) in [6, 6.07) is 6.34. The van der Waals surface area contributed by atoms with Gasteiger partial charge in [0.15, 0.2) is 0 Å². The number of nitrogens with zero attached hydrogens (tertiary/aromatic N) is 1. The average Bonchev–Trinajstić information content (AvgIpc) is 3.02. The van der Waals surface area contributed by atoms with E-state index >= 15 is 0 Å². The molecule has 1 aliphatic heterocycles. The van der Waals surface area contributed by atoms with Crippen LogP contribution in [-0.2, 0) is 5.41 Å². The van der Waals surface area contributed by atoms with Crippen molar-refractivity contribution in [1.29, 1.82) is 0 Å². The fourth-order valence-corrected chi connectivity index (χ4v) is 5.60. The van der Waals surface area contributed by atoms with Crippen LogP contribution in [0.4, 0.5) is 0 Å². The molecule has 3 aliphatic rings. The molecule has 0 amide bonds. The number of hydrogen-bond donors (Lipinski definition) is 0. The highest BCUT2D eigenvalue weighted by Crippen LogP contribution is 2.63. The van der Waals surface area contributed by atoms with Crippen LogP contribution in [0.5, 0.6) is 0 Å². The largest absolute Gasteiger partial charge is 0.305 e. The van der Waals surface area contributed by atoms with Crippen molar-refractivity contribution >= 4 is 23.2 Å². The zero-order valence-electron chi connectivity index (χ0n) is 11.2. The third kappa shape index (κ3) is 1.58. The lowest BCUT2D eigenvalue weighted by atomic mass is 9.64. The number of benzene rings is 1. The van der Waals surface area contributed by atoms with E-state index in [9.17, 15) is 0 Å². The third-order valence-corrected chi connectivity index (χ3v) is 6.67. The Kier molecular flexibility index (Phi) is 2.72. The molecule has 2 bridgehead atoms. The van der Waals surface area contributed by atoms with Crippen molar-refractivity contribution in [3.05, 3.63) is 33.8 Å². The molecule has 4 atom stereocenters. The summed E-state index contributed by atoms with van der Waals surface area (Å²) in [5.74, 6) is 2.61. The van der Waals surface area contributed by atoms with Crippen molar-refractivity contribution in [2.45, 2.75) is 24.7 Å². The average molecular weight is 296 g/mol. The Hall–Kier alpha value is -0.240. The summed E-state index contributed by atoms with van der Waals surface area (Å²) in [4.78, 5) is 2.51. The first kappa shape index (κ1) is 12.5. The molecule has 0 aromatic heterocycles. The maximum absolute atomic E-state index is 6.27. The fraction of sp³-hybridized carbons (Fsp3) is 0.625. The predicted octanol–water partition coefficient (Wildman–Crippen LogP) is 4.22. The first-order chi connectivity index (χ1) is 9.11. The maximum Gasteiger partial charge on any atom is 0.0595 e. The van der Waals surface area contributed by atoms with E-state index in [1.54, 1.807) is 0 Å². The van der Waals surface area contributed by atoms with E-state index in [0.717, 1.165) is 17.8 Å². The molecule has 1 aromatic carbocycles. The molecular formula is C16H19Cl2N. The van der Waals surface area contributed by atoms with E-state index in [1.807, 2.05) is 6.07 Å². The Bertz CT molecular complexity index is 529. The molecule has 0 N–H and O–H groups in total. The Morgan fingerprint density at radius 2 is 2.05 bits per heavy atom. The van der Waals surface area contributed by atoms with Crippen LogP contribution in [-0.4, -0.2) is 25.0 Å². The molecule has 2 saturated carbocycles. The zero-order valence-corrected chi connectivity index (χ0v) is 12.7. The van der Waals surface area contributed by atoms with E-state index in [2.05, 4.69) is 24.1 Å². The van der Waals surface area contributed by atoms with Gasteiger partial charge in [-0.05, 0) is 61.8 Å². The van der Waals surface area contributed by atoms with E-state index in [0.29, 0.717) is 15.5 Å². The first-order valence-corrected chi connectivity index (χ1v) is 8.01. The van der Waals surface area contributed by atoms with Gasteiger partial charge in [0.2, 0.25) is 0 Å². The van der Waals surface area contributed by atoms with E-state index in [1.165, 1.54) is 37.9 Å². The number of hydrogen-bond acceptors (Lipinski definition) is 1. The predicted molar refractivity (Wildman–Crippen MR) is 80.0 cm³/mol. The number of fused-ring (bicyclic) bond motifs is 5. The lowest BCUT2D eigenvalue weighted by molar-refractivity contribution is 0.223. The van der Waals surface area contributed by atoms with Gasteiger partial charge in [-0.25, -0.2) is 0 Å². The highest BCUT2D eigenvalue weighted by atomic mass is 35.5. The number of likely N-dealkylation sites (tertiary alicyclic amines) is 1. The molecule has 1 nitrogen and oxygen atoms in total. The molecule has 19 heavy (non-hydrogen) atoms. The highest BCUT2D eigenvalue weighted by molar-refractivity contribution is 6.42. The van der Waals surface area contributed by atoms with Crippen LogP contribution in [0.1, 0.15) is 24.8 Å². The number of rotatable bonds is 1. The summed E-state index contributed by atoms with van der Waals surface area (Å²) in [5, 5.41) is 1.39. The van der Waals surface area contributed by atoms with Crippen molar-refractivity contribution in [1.82, 2.24) is 4.90 Å². The summed E-state index contributed by atoms with van der Waals surface area (Å²) < 4.78 is 0. The Morgan fingerprint density at radius 1 is 1.21 bits per heavy atom. The highest BCUT2D eigenvalue weighted by Gasteiger charge is 2.61. The minimum Gasteiger partial charge on any atom is -0.305 e. The first-order valence-electron chi connectivity index (χ1n) is 7.25. The molecule has 1 heterocycles. The van der Waals surface area contributed by atoms with Crippen LogP contribution in [0, 0.1) is 17.8 Å². The van der Waals surface area contributed by atoms with Gasteiger partial charge in [-0.1, -0.05) is 29.3 Å². The molecular weight excluding hydrogens is 277 g/mol. The van der Waals surface area contributed by atoms with Gasteiger partial charge < -0.3 is 4.90 Å². The second kappa shape index (κ2) is 4.13. The van der Waals surface area contributed by atoms with Crippen LogP contribution >= 0.6 is 23.2 Å². The van der Waals surface area contributed by atoms with Gasteiger partial charge in [-0.3, -0.25) is 0 Å². The van der Waals surface area contributed by atoms with Crippen LogP contribution in [0.25, 0.3) is 0 Å². The van der Waals surface area contributed by atoms with E-state index in [-0.39, 0.29) is 0 Å². The minimum absolute atomic E-state index is 0.353. The maximum atomic E-state index is 6.27. The molecule has 1 aromatic rings. The van der Waals surface area contributed by atoms with Crippen LogP contribution in [0.3, 0.4) is 0 Å². The van der Waals surface area contributed by atoms with E-state index < -0.39 is 0 Å². The molecule has 0 unspecified atom stereocenters.